The molecule has 72 heavy (non-hydrogen) atoms. The van der Waals surface area contributed by atoms with Crippen LogP contribution in [0, 0.1) is 0 Å². The number of unbranched alkanes of at least 4 members (excludes halogenated alkanes) is 3. The molecular formula is C49H61NO22. The first-order valence-corrected chi connectivity index (χ1v) is 23.3. The minimum absolute atomic E-state index is 0.0113. The maximum absolute atomic E-state index is 12.9. The number of amides is 1. The minimum Gasteiger partial charge on any atom is -0.480 e. The Labute approximate surface area is 414 Å². The van der Waals surface area contributed by atoms with Crippen molar-refractivity contribution < 1.29 is 105 Å². The van der Waals surface area contributed by atoms with Gasteiger partial charge in [0.15, 0.2) is 43.1 Å². The van der Waals surface area contributed by atoms with Crippen LogP contribution in [-0.4, -0.2) is 153 Å². The van der Waals surface area contributed by atoms with E-state index in [1.807, 2.05) is 48.5 Å². The number of carboxylic acids is 1. The zero-order valence-electron chi connectivity index (χ0n) is 40.9. The van der Waals surface area contributed by atoms with Crippen LogP contribution in [-0.2, 0) is 95.2 Å². The highest BCUT2D eigenvalue weighted by atomic mass is 16.8. The average Bonchev–Trinajstić information content (AvgIpc) is 3.62. The SMILES string of the molecule is CC(=O)OC[C@H]1O[C@@H](O[C@H]2[C@H](OC(C)=O)[C@@H](OC(C)=O)[C@H](OCCCCCC[C@H](NC(=O)OCC3c4ccccc4-c4ccccc43)C(=O)O)O[C@@H]2COC(C)=O)[C@H](OC(C)=O)[C@@H](OC(C)=O)[C@H]1OC(C)=O. The molecule has 0 saturated carbocycles. The zero-order valence-corrected chi connectivity index (χ0v) is 40.9. The third kappa shape index (κ3) is 15.9. The number of nitrogens with one attached hydrogen (secondary N) is 1. The van der Waals surface area contributed by atoms with Gasteiger partial charge >= 0.3 is 53.8 Å². The van der Waals surface area contributed by atoms with Crippen LogP contribution in [0.25, 0.3) is 11.1 Å². The van der Waals surface area contributed by atoms with E-state index in [1.54, 1.807) is 0 Å². The van der Waals surface area contributed by atoms with Crippen molar-refractivity contribution in [2.45, 2.75) is 154 Å². The van der Waals surface area contributed by atoms with Crippen LogP contribution in [0.4, 0.5) is 4.79 Å². The Kier molecular flexibility index (Phi) is 20.8. The molecule has 23 heteroatoms. The Morgan fingerprint density at radius 1 is 0.514 bits per heavy atom. The monoisotopic (exact) mass is 1020 g/mol. The summed E-state index contributed by atoms with van der Waals surface area (Å²) in [6.07, 6.45) is -15.1. The van der Waals surface area contributed by atoms with Crippen LogP contribution >= 0.6 is 0 Å². The van der Waals surface area contributed by atoms with Crippen LogP contribution in [0.5, 0.6) is 0 Å². The second-order valence-corrected chi connectivity index (χ2v) is 17.1. The molecule has 0 radical (unpaired) electrons. The number of aliphatic carboxylic acids is 1. The van der Waals surface area contributed by atoms with Crippen molar-refractivity contribution in [3.05, 3.63) is 59.7 Å². The molecule has 0 spiro atoms. The summed E-state index contributed by atoms with van der Waals surface area (Å²) in [6.45, 7) is 6.15. The summed E-state index contributed by atoms with van der Waals surface area (Å²) in [5, 5.41) is 12.4. The van der Waals surface area contributed by atoms with Crippen LogP contribution < -0.4 is 5.32 Å². The van der Waals surface area contributed by atoms with Gasteiger partial charge in [-0.3, -0.25) is 33.6 Å². The van der Waals surface area contributed by atoms with Gasteiger partial charge < -0.3 is 67.3 Å². The molecule has 2 aliphatic heterocycles. The van der Waals surface area contributed by atoms with Crippen LogP contribution in [0.1, 0.15) is 97.6 Å². The predicted molar refractivity (Wildman–Crippen MR) is 242 cm³/mol. The van der Waals surface area contributed by atoms with Gasteiger partial charge in [-0.1, -0.05) is 67.8 Å². The van der Waals surface area contributed by atoms with E-state index >= 15 is 0 Å². The normalized spacial score (nSPS) is 24.7. The molecular weight excluding hydrogens is 955 g/mol. The summed E-state index contributed by atoms with van der Waals surface area (Å²) < 4.78 is 68.5. The second kappa shape index (κ2) is 26.7. The highest BCUT2D eigenvalue weighted by Crippen LogP contribution is 2.44. The number of hydrogen-bond donors (Lipinski definition) is 2. The fourth-order valence-corrected chi connectivity index (χ4v) is 8.65. The Morgan fingerprint density at radius 2 is 0.958 bits per heavy atom. The first-order valence-electron chi connectivity index (χ1n) is 23.3. The van der Waals surface area contributed by atoms with Gasteiger partial charge in [0.1, 0.15) is 44.2 Å². The van der Waals surface area contributed by atoms with Crippen LogP contribution in [0.2, 0.25) is 0 Å². The van der Waals surface area contributed by atoms with E-state index in [0.29, 0.717) is 25.7 Å². The number of rotatable bonds is 23. The van der Waals surface area contributed by atoms with E-state index < -0.39 is 135 Å². The highest BCUT2D eigenvalue weighted by molar-refractivity contribution is 5.81. The van der Waals surface area contributed by atoms with Gasteiger partial charge in [0, 0.05) is 61.0 Å². The molecule has 23 nitrogen and oxygen atoms in total. The van der Waals surface area contributed by atoms with Gasteiger partial charge in [0.2, 0.25) is 0 Å². The number of hydrogen-bond acceptors (Lipinski definition) is 21. The minimum atomic E-state index is -1.85. The van der Waals surface area contributed by atoms with Crippen LogP contribution in [0.3, 0.4) is 0 Å². The lowest BCUT2D eigenvalue weighted by molar-refractivity contribution is -0.361. The lowest BCUT2D eigenvalue weighted by Crippen LogP contribution is -2.67. The number of carbonyl (C=O) groups excluding carboxylic acids is 8. The summed E-state index contributed by atoms with van der Waals surface area (Å²) in [6, 6.07) is 14.4. The summed E-state index contributed by atoms with van der Waals surface area (Å²) in [7, 11) is 0. The van der Waals surface area contributed by atoms with Gasteiger partial charge in [-0.2, -0.15) is 0 Å². The van der Waals surface area contributed by atoms with Crippen molar-refractivity contribution in [1.29, 1.82) is 0 Å². The number of benzene rings is 2. The predicted octanol–water partition coefficient (Wildman–Crippen LogP) is 3.57. The standard InChI is InChI=1S/C49H61NO22/c1-25(51)62-23-38-40(65-27(3)53)42(66-28(4)54)45(69-31(7)57)48(71-38)72-41-39(24-63-26(2)52)70-47(44(68-30(6)56)43(41)67-29(5)55)61-21-15-9-8-10-20-37(46(58)59)50-49(60)64-22-36-34-18-13-11-16-32(34)33-17-12-14-19-35(33)36/h11-14,16-19,36-45,47-48H,8-10,15,20-24H2,1-7H3,(H,50,60)(H,58,59)/t37-,38+,39+,40-,41+,42-,43-,44+,45+,47+,48-/m0/s1. The molecule has 0 bridgehead atoms. The lowest BCUT2D eigenvalue weighted by atomic mass is 9.96. The summed E-state index contributed by atoms with van der Waals surface area (Å²) in [4.78, 5) is 112. The fourth-order valence-electron chi connectivity index (χ4n) is 8.65. The third-order valence-electron chi connectivity index (χ3n) is 11.5. The zero-order chi connectivity index (χ0) is 52.6. The number of esters is 7. The number of fused-ring (bicyclic) bond motifs is 3. The summed E-state index contributed by atoms with van der Waals surface area (Å²) in [5.74, 6) is -7.52. The molecule has 2 fully saturated rings. The van der Waals surface area contributed by atoms with E-state index in [4.69, 9.17) is 56.8 Å². The van der Waals surface area contributed by atoms with E-state index in [9.17, 15) is 48.3 Å². The fraction of sp³-hybridized carbons (Fsp3) is 0.571. The third-order valence-corrected chi connectivity index (χ3v) is 11.5. The molecule has 1 aliphatic carbocycles. The Balaban J connectivity index is 1.26. The van der Waals surface area contributed by atoms with Crippen LogP contribution in [0.15, 0.2) is 48.5 Å². The molecule has 394 valence electrons. The molecule has 5 rings (SSSR count). The topological polar surface area (TPSA) is 297 Å². The van der Waals surface area contributed by atoms with Gasteiger partial charge in [0.05, 0.1) is 0 Å². The smallest absolute Gasteiger partial charge is 0.407 e. The summed E-state index contributed by atoms with van der Waals surface area (Å²) in [5.41, 5.74) is 4.11. The second-order valence-electron chi connectivity index (χ2n) is 17.1. The van der Waals surface area contributed by atoms with Crippen molar-refractivity contribution in [2.24, 2.45) is 0 Å². The van der Waals surface area contributed by atoms with Crippen molar-refractivity contribution in [1.82, 2.24) is 5.32 Å². The number of carbonyl (C=O) groups is 9. The Morgan fingerprint density at radius 3 is 1.47 bits per heavy atom. The highest BCUT2D eigenvalue weighted by Gasteiger charge is 2.57. The number of carboxylic acid groups (broad SMARTS) is 1. The first-order chi connectivity index (χ1) is 34.2. The maximum Gasteiger partial charge on any atom is 0.407 e. The molecule has 2 N–H and O–H groups in total. The van der Waals surface area contributed by atoms with Gasteiger partial charge in [-0.25, -0.2) is 9.59 Å². The molecule has 1 amide bonds. The van der Waals surface area contributed by atoms with E-state index in [-0.39, 0.29) is 25.6 Å². The lowest BCUT2D eigenvalue weighted by Gasteiger charge is -2.48. The quantitative estimate of drug-likeness (QED) is 0.0913. The van der Waals surface area contributed by atoms with E-state index in [0.717, 1.165) is 70.7 Å². The Bertz CT molecular complexity index is 2220. The maximum atomic E-state index is 12.9. The molecule has 2 heterocycles. The van der Waals surface area contributed by atoms with Gasteiger partial charge in [-0.05, 0) is 35.1 Å². The van der Waals surface area contributed by atoms with E-state index in [2.05, 4.69) is 5.32 Å². The molecule has 2 aromatic carbocycles. The van der Waals surface area contributed by atoms with Crippen molar-refractivity contribution in [3.63, 3.8) is 0 Å². The van der Waals surface area contributed by atoms with Crippen molar-refractivity contribution >= 4 is 53.8 Å². The number of alkyl carbamates (subject to hydrolysis) is 1. The molecule has 2 saturated heterocycles. The average molecular weight is 1020 g/mol. The van der Waals surface area contributed by atoms with Gasteiger partial charge in [-0.15, -0.1) is 0 Å². The Hall–Kier alpha value is -6.69. The molecule has 2 aromatic rings. The van der Waals surface area contributed by atoms with E-state index in [1.165, 1.54) is 0 Å². The number of ether oxygens (including phenoxy) is 12. The molecule has 0 aromatic heterocycles. The first kappa shape index (κ1) is 56.2. The largest absolute Gasteiger partial charge is 0.480 e. The molecule has 0 unspecified atom stereocenters. The summed E-state index contributed by atoms with van der Waals surface area (Å²) >= 11 is 0. The van der Waals surface area contributed by atoms with Gasteiger partial charge in [0.25, 0.3) is 0 Å². The van der Waals surface area contributed by atoms with Crippen molar-refractivity contribution in [2.75, 3.05) is 26.4 Å². The van der Waals surface area contributed by atoms with Crippen molar-refractivity contribution in [3.8, 4) is 11.1 Å². The molecule has 3 aliphatic rings. The molecule has 11 atom stereocenters.